The molecule has 1 amide bonds. The molecule has 2 aromatic carbocycles. The predicted molar refractivity (Wildman–Crippen MR) is 132 cm³/mol. The third-order valence-corrected chi connectivity index (χ3v) is 10.3. The fourth-order valence-electron chi connectivity index (χ4n) is 3.92. The Balaban J connectivity index is 2.16. The molecule has 0 heterocycles. The Labute approximate surface area is 193 Å². The van der Waals surface area contributed by atoms with Crippen molar-refractivity contribution in [3.05, 3.63) is 60.7 Å². The summed E-state index contributed by atoms with van der Waals surface area (Å²) in [4.78, 5) is 23.5. The third kappa shape index (κ3) is 6.78. The number of alkyl carbamates (subject to hydrolysis) is 1. The van der Waals surface area contributed by atoms with Gasteiger partial charge in [-0.1, -0.05) is 81.4 Å². The van der Waals surface area contributed by atoms with Crippen LogP contribution in [0.2, 0.25) is 5.04 Å². The first-order valence-corrected chi connectivity index (χ1v) is 13.1. The van der Waals surface area contributed by atoms with Gasteiger partial charge in [-0.2, -0.15) is 0 Å². The maximum atomic E-state index is 12.0. The minimum absolute atomic E-state index is 0.103. The van der Waals surface area contributed by atoms with E-state index in [-0.39, 0.29) is 5.04 Å². The Hall–Kier alpha value is -2.44. The van der Waals surface area contributed by atoms with Crippen LogP contribution in [0, 0.1) is 0 Å². The van der Waals surface area contributed by atoms with Gasteiger partial charge in [-0.05, 0) is 49.0 Å². The zero-order valence-electron chi connectivity index (χ0n) is 20.2. The van der Waals surface area contributed by atoms with Gasteiger partial charge in [0.15, 0.2) is 0 Å². The number of benzene rings is 2. The molecule has 32 heavy (non-hydrogen) atoms. The lowest BCUT2D eigenvalue weighted by atomic mass is 10.2. The maximum Gasteiger partial charge on any atom is 0.408 e. The third-order valence-electron chi connectivity index (χ3n) is 5.26. The predicted octanol–water partition coefficient (Wildman–Crippen LogP) is 4.44. The smallest absolute Gasteiger partial charge is 0.408 e. The van der Waals surface area contributed by atoms with Crippen molar-refractivity contribution in [1.82, 2.24) is 5.32 Å². The molecule has 1 N–H and O–H groups in total. The first-order valence-electron chi connectivity index (χ1n) is 11.2. The van der Waals surface area contributed by atoms with Crippen molar-refractivity contribution in [1.29, 1.82) is 0 Å². The number of ether oxygens (including phenoxy) is 1. The SMILES string of the molecule is CC(C)(C)OC(=O)N[C@H](C=O)CCCO[Si](c1ccccc1)(c1ccccc1)C(C)(C)C. The van der Waals surface area contributed by atoms with E-state index in [2.05, 4.69) is 74.6 Å². The fourth-order valence-corrected chi connectivity index (χ4v) is 8.53. The molecule has 174 valence electrons. The molecule has 0 aliphatic heterocycles. The zero-order chi connectivity index (χ0) is 23.8. The second-order valence-electron chi connectivity index (χ2n) is 10.0. The van der Waals surface area contributed by atoms with Crippen LogP contribution in [0.15, 0.2) is 60.7 Å². The molecule has 6 heteroatoms. The van der Waals surface area contributed by atoms with Crippen molar-refractivity contribution in [2.24, 2.45) is 0 Å². The van der Waals surface area contributed by atoms with Gasteiger partial charge in [0.2, 0.25) is 0 Å². The molecule has 2 aromatic rings. The highest BCUT2D eigenvalue weighted by Crippen LogP contribution is 2.36. The fraction of sp³-hybridized carbons (Fsp3) is 0.462. The molecule has 0 aromatic heterocycles. The number of aldehydes is 1. The highest BCUT2D eigenvalue weighted by atomic mass is 28.4. The molecule has 0 saturated heterocycles. The van der Waals surface area contributed by atoms with Crippen molar-refractivity contribution in [3.63, 3.8) is 0 Å². The zero-order valence-corrected chi connectivity index (χ0v) is 21.2. The van der Waals surface area contributed by atoms with E-state index in [1.807, 2.05) is 12.1 Å². The summed E-state index contributed by atoms with van der Waals surface area (Å²) in [5.41, 5.74) is -0.607. The number of rotatable bonds is 9. The Kier molecular flexibility index (Phi) is 8.81. The Morgan fingerprint density at radius 1 is 0.938 bits per heavy atom. The normalized spacial score (nSPS) is 13.3. The summed E-state index contributed by atoms with van der Waals surface area (Å²) in [5, 5.41) is 4.98. The summed E-state index contributed by atoms with van der Waals surface area (Å²) in [6.45, 7) is 12.6. The van der Waals surface area contributed by atoms with Crippen LogP contribution in [-0.2, 0) is 14.0 Å². The molecule has 2 rings (SSSR count). The molecule has 0 fully saturated rings. The summed E-state index contributed by atoms with van der Waals surface area (Å²) in [5.74, 6) is 0. The van der Waals surface area contributed by atoms with Crippen LogP contribution in [-0.4, -0.2) is 38.9 Å². The average molecular weight is 456 g/mol. The number of carbonyl (C=O) groups is 2. The Morgan fingerprint density at radius 2 is 1.44 bits per heavy atom. The molecule has 0 radical (unpaired) electrons. The average Bonchev–Trinajstić information content (AvgIpc) is 2.72. The minimum atomic E-state index is -2.60. The first-order chi connectivity index (χ1) is 15.0. The molecule has 0 saturated carbocycles. The Bertz CT molecular complexity index is 817. The van der Waals surface area contributed by atoms with E-state index in [1.54, 1.807) is 20.8 Å². The molecule has 0 spiro atoms. The van der Waals surface area contributed by atoms with Crippen LogP contribution < -0.4 is 15.7 Å². The van der Waals surface area contributed by atoms with Crippen molar-refractivity contribution in [2.75, 3.05) is 6.61 Å². The van der Waals surface area contributed by atoms with Crippen molar-refractivity contribution >= 4 is 31.1 Å². The minimum Gasteiger partial charge on any atom is -0.444 e. The molecular weight excluding hydrogens is 418 g/mol. The van der Waals surface area contributed by atoms with Gasteiger partial charge in [0.1, 0.15) is 11.9 Å². The summed E-state index contributed by atoms with van der Waals surface area (Å²) < 4.78 is 12.1. The number of nitrogens with one attached hydrogen (secondary N) is 1. The van der Waals surface area contributed by atoms with Gasteiger partial charge in [-0.3, -0.25) is 0 Å². The van der Waals surface area contributed by atoms with E-state index < -0.39 is 26.1 Å². The van der Waals surface area contributed by atoms with E-state index in [1.165, 1.54) is 10.4 Å². The molecule has 0 bridgehead atoms. The molecule has 1 atom stereocenters. The number of hydrogen-bond donors (Lipinski definition) is 1. The van der Waals surface area contributed by atoms with Crippen LogP contribution in [0.1, 0.15) is 54.4 Å². The largest absolute Gasteiger partial charge is 0.444 e. The van der Waals surface area contributed by atoms with Gasteiger partial charge in [-0.25, -0.2) is 4.79 Å². The second kappa shape index (κ2) is 10.9. The molecule has 0 aliphatic rings. The molecule has 0 aliphatic carbocycles. The number of carbonyl (C=O) groups excluding carboxylic acids is 2. The monoisotopic (exact) mass is 455 g/mol. The van der Waals surface area contributed by atoms with E-state index in [4.69, 9.17) is 9.16 Å². The van der Waals surface area contributed by atoms with Gasteiger partial charge >= 0.3 is 6.09 Å². The van der Waals surface area contributed by atoms with Crippen LogP contribution in [0.4, 0.5) is 4.79 Å². The van der Waals surface area contributed by atoms with E-state index in [0.717, 1.165) is 6.29 Å². The standard InChI is InChI=1S/C26H37NO4Si/c1-25(2,3)31-24(29)27-21(20-28)14-13-19-30-32(26(4,5)6,22-15-9-7-10-16-22)23-17-11-8-12-18-23/h7-12,15-18,20-21H,13-14,19H2,1-6H3,(H,27,29)/t21-/m0/s1. The summed E-state index contributed by atoms with van der Waals surface area (Å²) in [6.07, 6.45) is 1.31. The lowest BCUT2D eigenvalue weighted by Crippen LogP contribution is -2.66. The van der Waals surface area contributed by atoms with Crippen molar-refractivity contribution < 1.29 is 18.8 Å². The Morgan fingerprint density at radius 3 is 1.84 bits per heavy atom. The van der Waals surface area contributed by atoms with Crippen LogP contribution in [0.25, 0.3) is 0 Å². The summed E-state index contributed by atoms with van der Waals surface area (Å²) in [7, 11) is -2.60. The molecule has 5 nitrogen and oxygen atoms in total. The van der Waals surface area contributed by atoms with Gasteiger partial charge in [0.25, 0.3) is 8.32 Å². The van der Waals surface area contributed by atoms with E-state index >= 15 is 0 Å². The van der Waals surface area contributed by atoms with Crippen molar-refractivity contribution in [3.8, 4) is 0 Å². The quantitative estimate of drug-likeness (QED) is 0.345. The van der Waals surface area contributed by atoms with Gasteiger partial charge in [-0.15, -0.1) is 0 Å². The van der Waals surface area contributed by atoms with Gasteiger partial charge in [0, 0.05) is 6.61 Å². The maximum absolute atomic E-state index is 12.0. The van der Waals surface area contributed by atoms with Crippen LogP contribution >= 0.6 is 0 Å². The molecular formula is C26H37NO4Si. The van der Waals surface area contributed by atoms with E-state index in [0.29, 0.717) is 19.4 Å². The second-order valence-corrected chi connectivity index (χ2v) is 14.3. The molecule has 0 unspecified atom stereocenters. The number of hydrogen-bond acceptors (Lipinski definition) is 4. The van der Waals surface area contributed by atoms with E-state index in [9.17, 15) is 9.59 Å². The lowest BCUT2D eigenvalue weighted by Gasteiger charge is -2.43. The van der Waals surface area contributed by atoms with Crippen molar-refractivity contribution in [2.45, 2.75) is 71.1 Å². The van der Waals surface area contributed by atoms with Crippen LogP contribution in [0.5, 0.6) is 0 Å². The van der Waals surface area contributed by atoms with Crippen LogP contribution in [0.3, 0.4) is 0 Å². The lowest BCUT2D eigenvalue weighted by molar-refractivity contribution is -0.109. The summed E-state index contributed by atoms with van der Waals surface area (Å²) in [6, 6.07) is 20.3. The topological polar surface area (TPSA) is 64.6 Å². The van der Waals surface area contributed by atoms with Gasteiger partial charge < -0.3 is 19.3 Å². The highest BCUT2D eigenvalue weighted by Gasteiger charge is 2.49. The highest BCUT2D eigenvalue weighted by molar-refractivity contribution is 6.99. The number of amides is 1. The summed E-state index contributed by atoms with van der Waals surface area (Å²) >= 11 is 0. The van der Waals surface area contributed by atoms with Gasteiger partial charge in [0.05, 0.1) is 6.04 Å². The first kappa shape index (κ1) is 25.8.